The summed E-state index contributed by atoms with van der Waals surface area (Å²) >= 11 is 0. The Morgan fingerprint density at radius 1 is 1.05 bits per heavy atom. The van der Waals surface area contributed by atoms with Crippen molar-refractivity contribution in [2.24, 2.45) is 0 Å². The second-order valence-electron chi connectivity index (χ2n) is 8.35. The fourth-order valence-electron chi connectivity index (χ4n) is 4.38. The van der Waals surface area contributed by atoms with Gasteiger partial charge in [-0.2, -0.15) is 0 Å². The summed E-state index contributed by atoms with van der Waals surface area (Å²) in [6, 6.07) is 29.7. The van der Waals surface area contributed by atoms with E-state index < -0.39 is 0 Å². The van der Waals surface area contributed by atoms with E-state index in [9.17, 15) is 0 Å². The van der Waals surface area contributed by atoms with Crippen LogP contribution in [-0.2, 0) is 33.1 Å². The van der Waals surface area contributed by atoms with Gasteiger partial charge < -0.3 is 9.55 Å². The molecular weight excluding hydrogens is 635 g/mol. The molecule has 1 radical (unpaired) electrons. The van der Waals surface area contributed by atoms with Crippen molar-refractivity contribution in [3.05, 3.63) is 126 Å². The average molecular weight is 656 g/mol. The van der Waals surface area contributed by atoms with Gasteiger partial charge in [-0.3, -0.25) is 9.83 Å². The molecule has 0 saturated carbocycles. The number of pyridine rings is 1. The second-order valence-corrected chi connectivity index (χ2v) is 8.35. The zero-order chi connectivity index (χ0) is 24.9. The van der Waals surface area contributed by atoms with Crippen molar-refractivity contribution in [2.75, 3.05) is 0 Å². The number of aryl methyl sites for hydroxylation is 3. The first-order valence-electron chi connectivity index (χ1n) is 11.6. The van der Waals surface area contributed by atoms with Crippen LogP contribution >= 0.6 is 0 Å². The van der Waals surface area contributed by atoms with Crippen molar-refractivity contribution < 1.29 is 20.1 Å². The van der Waals surface area contributed by atoms with Crippen molar-refractivity contribution >= 4 is 5.69 Å². The van der Waals surface area contributed by atoms with Gasteiger partial charge in [0.05, 0.1) is 12.4 Å². The first-order chi connectivity index (χ1) is 17.7. The normalized spacial score (nSPS) is 10.9. The molecule has 6 rings (SSSR count). The van der Waals surface area contributed by atoms with E-state index in [2.05, 4.69) is 37.6 Å². The van der Waals surface area contributed by atoms with E-state index in [-0.39, 0.29) is 20.1 Å². The van der Waals surface area contributed by atoms with Gasteiger partial charge in [-0.1, -0.05) is 30.3 Å². The number of benzene rings is 3. The number of imidazole rings is 1. The maximum absolute atomic E-state index is 9.06. The minimum atomic E-state index is 0. The molecule has 0 amide bonds. The third-order valence-corrected chi connectivity index (χ3v) is 6.15. The van der Waals surface area contributed by atoms with E-state index in [1.807, 2.05) is 73.9 Å². The Labute approximate surface area is 230 Å². The molecule has 0 fully saturated rings. The summed E-state index contributed by atoms with van der Waals surface area (Å²) in [4.78, 5) is 12.3. The minimum Gasteiger partial charge on any atom is -0.371 e. The summed E-state index contributed by atoms with van der Waals surface area (Å²) in [5, 5.41) is 9.06. The van der Waals surface area contributed by atoms with Gasteiger partial charge in [-0.25, -0.2) is 5.26 Å². The topological polar surface area (TPSA) is 58.9 Å². The van der Waals surface area contributed by atoms with Gasteiger partial charge in [0.1, 0.15) is 5.69 Å². The Morgan fingerprint density at radius 2 is 1.89 bits per heavy atom. The quantitative estimate of drug-likeness (QED) is 0.196. The van der Waals surface area contributed by atoms with Crippen LogP contribution in [0.4, 0.5) is 5.69 Å². The van der Waals surface area contributed by atoms with Crippen LogP contribution in [0.3, 0.4) is 0 Å². The zero-order valence-electron chi connectivity index (χ0n) is 20.1. The van der Waals surface area contributed by atoms with Crippen LogP contribution in [0.5, 0.6) is 0 Å². The molecule has 2 aromatic heterocycles. The number of aromatic nitrogens is 3. The fourth-order valence-corrected chi connectivity index (χ4v) is 4.38. The summed E-state index contributed by atoms with van der Waals surface area (Å²) in [5.41, 5.74) is 7.85. The second kappa shape index (κ2) is 11.6. The number of hydrogen-bond donors (Lipinski definition) is 0. The Hall–Kier alpha value is -4.35. The van der Waals surface area contributed by atoms with E-state index in [1.165, 1.54) is 11.1 Å². The summed E-state index contributed by atoms with van der Waals surface area (Å²) in [5.74, 6) is 1.06. The van der Waals surface area contributed by atoms with E-state index in [0.717, 1.165) is 46.7 Å². The molecule has 3 heterocycles. The van der Waals surface area contributed by atoms with Gasteiger partial charge in [0.25, 0.3) is 0 Å². The maximum Gasteiger partial charge on any atom is 0.125 e. The van der Waals surface area contributed by atoms with Crippen LogP contribution in [0.2, 0.25) is 0 Å². The smallest absolute Gasteiger partial charge is 0.125 e. The van der Waals surface area contributed by atoms with Gasteiger partial charge in [0.2, 0.25) is 0 Å². The molecule has 0 saturated heterocycles. The molecule has 0 spiro atoms. The van der Waals surface area contributed by atoms with Crippen molar-refractivity contribution in [2.45, 2.75) is 19.9 Å². The van der Waals surface area contributed by atoms with E-state index in [0.29, 0.717) is 11.3 Å². The average Bonchev–Trinajstić information content (AvgIpc) is 3.43. The molecule has 5 nitrogen and oxygen atoms in total. The monoisotopic (exact) mass is 656 g/mol. The molecule has 0 N–H and O–H groups in total. The maximum atomic E-state index is 9.06. The number of rotatable bonds is 2. The number of fused-ring (bicyclic) bond motifs is 3. The van der Waals surface area contributed by atoms with Crippen LogP contribution in [-0.4, -0.2) is 14.5 Å². The summed E-state index contributed by atoms with van der Waals surface area (Å²) < 4.78 is 2.18. The summed E-state index contributed by atoms with van der Waals surface area (Å²) in [6.45, 7) is 10.3. The minimum absolute atomic E-state index is 0. The molecule has 0 atom stereocenters. The fraction of sp³-hybridized carbons (Fsp3) is 0.0968. The number of hydrogen-bond acceptors (Lipinski definition) is 3. The van der Waals surface area contributed by atoms with Crippen molar-refractivity contribution in [3.63, 3.8) is 0 Å². The van der Waals surface area contributed by atoms with Gasteiger partial charge in [-0.15, -0.1) is 59.2 Å². The van der Waals surface area contributed by atoms with Gasteiger partial charge >= 0.3 is 0 Å². The Kier molecular flexibility index (Phi) is 8.06. The largest absolute Gasteiger partial charge is 0.371 e. The molecule has 1 aliphatic heterocycles. The van der Waals surface area contributed by atoms with Crippen LogP contribution < -0.4 is 0 Å². The Balaban J connectivity index is 0.000000193. The van der Waals surface area contributed by atoms with Crippen molar-refractivity contribution in [1.82, 2.24) is 14.5 Å². The van der Waals surface area contributed by atoms with E-state index in [4.69, 9.17) is 11.8 Å². The van der Waals surface area contributed by atoms with Gasteiger partial charge in [0.15, 0.2) is 0 Å². The van der Waals surface area contributed by atoms with Crippen LogP contribution in [0.15, 0.2) is 85.3 Å². The van der Waals surface area contributed by atoms with Gasteiger partial charge in [-0.05, 0) is 47.4 Å². The molecule has 1 aliphatic rings. The predicted molar refractivity (Wildman–Crippen MR) is 140 cm³/mol. The number of nitrogens with zero attached hydrogens (tertiary/aromatic N) is 5. The molecule has 3 aromatic carbocycles. The van der Waals surface area contributed by atoms with Gasteiger partial charge in [0, 0.05) is 51.3 Å². The zero-order valence-corrected chi connectivity index (χ0v) is 22.5. The molecule has 0 bridgehead atoms. The molecule has 0 unspecified atom stereocenters. The number of nitriles is 1. The Morgan fingerprint density at radius 3 is 2.68 bits per heavy atom. The van der Waals surface area contributed by atoms with Crippen molar-refractivity contribution in [1.29, 1.82) is 5.26 Å². The summed E-state index contributed by atoms with van der Waals surface area (Å²) in [7, 11) is 0. The molecule has 37 heavy (non-hydrogen) atoms. The summed E-state index contributed by atoms with van der Waals surface area (Å²) in [6.07, 6.45) is 6.72. The standard InChI is InChI=1S/C20H12N3.C11H9N2.Ir/c1-14-10-11-23-20(19(14)15-6-4-3-5-7-15)16-8-9-17(13-21)18(12-16)22-2;1-2-4-10-9(3-1)5-7-13-8-6-12-11(10)13;/h3-7,9-12H,1H3;1-3,6,8H,5,7H2;/q2*-1;. The predicted octanol–water partition coefficient (Wildman–Crippen LogP) is 6.85. The third-order valence-electron chi connectivity index (χ3n) is 6.15. The first-order valence-corrected chi connectivity index (χ1v) is 11.6. The molecular formula is C31H21IrN5-2. The van der Waals surface area contributed by atoms with Crippen LogP contribution in [0.1, 0.15) is 16.7 Å². The van der Waals surface area contributed by atoms with Crippen molar-refractivity contribution in [3.8, 4) is 39.8 Å². The third kappa shape index (κ3) is 5.27. The van der Waals surface area contributed by atoms with Crippen LogP contribution in [0, 0.1) is 37.0 Å². The van der Waals surface area contributed by atoms with E-state index in [1.54, 1.807) is 18.3 Å². The molecule has 181 valence electrons. The molecule has 5 aromatic rings. The SMILES string of the molecule is [C-]#[N+]c1cc(-c2nccc(C)c2-c2ccccc2)[c-]cc1C#N.[Ir].[c-]1cccc2c1-c1nccn1CC2. The first kappa shape index (κ1) is 25.7. The Bertz CT molecular complexity index is 1620. The van der Waals surface area contributed by atoms with E-state index >= 15 is 0 Å². The van der Waals surface area contributed by atoms with Crippen LogP contribution in [0.25, 0.3) is 38.6 Å². The molecule has 0 aliphatic carbocycles. The molecule has 6 heteroatoms.